The molecule has 2 heterocycles. The number of hydrogen-bond acceptors (Lipinski definition) is 3. The number of aliphatic hydroxyl groups excluding tert-OH is 1. The van der Waals surface area contributed by atoms with Crippen molar-refractivity contribution in [3.05, 3.63) is 40.1 Å². The SMILES string of the molecule is CN1CCc2c(Cl)ccc3oc(/C=C/CO)c(c23)C1. The topological polar surface area (TPSA) is 36.6 Å². The Labute approximate surface area is 117 Å². The number of furan rings is 1. The normalized spacial score (nSPS) is 16.4. The molecule has 0 amide bonds. The van der Waals surface area contributed by atoms with Gasteiger partial charge in [0.2, 0.25) is 0 Å². The first kappa shape index (κ1) is 12.7. The monoisotopic (exact) mass is 277 g/mol. The molecule has 0 radical (unpaired) electrons. The summed E-state index contributed by atoms with van der Waals surface area (Å²) in [5.41, 5.74) is 3.21. The van der Waals surface area contributed by atoms with Gasteiger partial charge in [-0.05, 0) is 37.2 Å². The maximum Gasteiger partial charge on any atom is 0.135 e. The summed E-state index contributed by atoms with van der Waals surface area (Å²) in [5.74, 6) is 0.821. The number of aliphatic hydroxyl groups is 1. The van der Waals surface area contributed by atoms with E-state index in [0.29, 0.717) is 0 Å². The zero-order valence-corrected chi connectivity index (χ0v) is 11.6. The quantitative estimate of drug-likeness (QED) is 0.916. The smallest absolute Gasteiger partial charge is 0.135 e. The number of benzene rings is 1. The van der Waals surface area contributed by atoms with Crippen LogP contribution in [0, 0.1) is 0 Å². The Balaban J connectivity index is 2.27. The van der Waals surface area contributed by atoms with Crippen LogP contribution < -0.4 is 0 Å². The third kappa shape index (κ3) is 2.18. The minimum absolute atomic E-state index is 0.0138. The highest BCUT2D eigenvalue weighted by Crippen LogP contribution is 2.36. The van der Waals surface area contributed by atoms with Crippen molar-refractivity contribution in [3.8, 4) is 0 Å². The molecule has 0 unspecified atom stereocenters. The van der Waals surface area contributed by atoms with Crippen molar-refractivity contribution in [1.29, 1.82) is 0 Å². The van der Waals surface area contributed by atoms with Crippen molar-refractivity contribution < 1.29 is 9.52 Å². The summed E-state index contributed by atoms with van der Waals surface area (Å²) in [6.07, 6.45) is 4.47. The van der Waals surface area contributed by atoms with E-state index in [2.05, 4.69) is 11.9 Å². The molecule has 2 aromatic rings. The predicted molar refractivity (Wildman–Crippen MR) is 77.4 cm³/mol. The first-order chi connectivity index (χ1) is 9.20. The lowest BCUT2D eigenvalue weighted by atomic mass is 10.0. The second-order valence-corrected chi connectivity index (χ2v) is 5.32. The molecule has 3 nitrogen and oxygen atoms in total. The summed E-state index contributed by atoms with van der Waals surface area (Å²) < 4.78 is 5.89. The van der Waals surface area contributed by atoms with Crippen LogP contribution in [0.4, 0.5) is 0 Å². The average Bonchev–Trinajstić information content (AvgIpc) is 2.62. The number of hydrogen-bond donors (Lipinski definition) is 1. The minimum Gasteiger partial charge on any atom is -0.456 e. The molecule has 3 rings (SSSR count). The fourth-order valence-corrected chi connectivity index (χ4v) is 2.92. The fourth-order valence-electron chi connectivity index (χ4n) is 2.67. The highest BCUT2D eigenvalue weighted by Gasteiger charge is 2.22. The van der Waals surface area contributed by atoms with Crippen LogP contribution in [0.5, 0.6) is 0 Å². The Hall–Kier alpha value is -1.29. The lowest BCUT2D eigenvalue weighted by molar-refractivity contribution is 0.334. The second-order valence-electron chi connectivity index (χ2n) is 4.92. The molecule has 1 N–H and O–H groups in total. The molecule has 1 aliphatic heterocycles. The summed E-state index contributed by atoms with van der Waals surface area (Å²) >= 11 is 6.32. The molecule has 0 aliphatic carbocycles. The summed E-state index contributed by atoms with van der Waals surface area (Å²) in [6, 6.07) is 3.82. The van der Waals surface area contributed by atoms with Gasteiger partial charge in [-0.3, -0.25) is 0 Å². The van der Waals surface area contributed by atoms with E-state index in [1.165, 1.54) is 5.56 Å². The van der Waals surface area contributed by atoms with Crippen LogP contribution in [0.2, 0.25) is 5.02 Å². The van der Waals surface area contributed by atoms with E-state index < -0.39 is 0 Å². The molecule has 19 heavy (non-hydrogen) atoms. The third-order valence-electron chi connectivity index (χ3n) is 3.58. The number of nitrogens with zero attached hydrogens (tertiary/aromatic N) is 1. The molecule has 0 atom stereocenters. The third-order valence-corrected chi connectivity index (χ3v) is 3.94. The summed E-state index contributed by atoms with van der Waals surface area (Å²) in [7, 11) is 2.10. The van der Waals surface area contributed by atoms with Gasteiger partial charge < -0.3 is 14.4 Å². The fraction of sp³-hybridized carbons (Fsp3) is 0.333. The van der Waals surface area contributed by atoms with Crippen molar-refractivity contribution in [2.45, 2.75) is 13.0 Å². The van der Waals surface area contributed by atoms with Crippen molar-refractivity contribution in [2.75, 3.05) is 20.2 Å². The Bertz CT molecular complexity index is 645. The lowest BCUT2D eigenvalue weighted by Crippen LogP contribution is -2.18. The van der Waals surface area contributed by atoms with Gasteiger partial charge in [0.25, 0.3) is 0 Å². The first-order valence-corrected chi connectivity index (χ1v) is 6.77. The van der Waals surface area contributed by atoms with Gasteiger partial charge in [-0.25, -0.2) is 0 Å². The standard InChI is InChI=1S/C15H16ClNO2/c1-17-7-6-10-12(16)4-5-14-15(10)11(9-17)13(19-14)3-2-8-18/h2-5,18H,6-9H2,1H3/b3-2+. The van der Waals surface area contributed by atoms with Gasteiger partial charge in [-0.15, -0.1) is 0 Å². The Morgan fingerprint density at radius 3 is 3.05 bits per heavy atom. The van der Waals surface area contributed by atoms with E-state index in [1.54, 1.807) is 6.08 Å². The van der Waals surface area contributed by atoms with Crippen LogP contribution in [0.3, 0.4) is 0 Å². The van der Waals surface area contributed by atoms with Crippen LogP contribution in [-0.2, 0) is 13.0 Å². The lowest BCUT2D eigenvalue weighted by Gasteiger charge is -2.12. The number of halogens is 1. The molecule has 1 aromatic carbocycles. The van der Waals surface area contributed by atoms with Crippen LogP contribution in [0.1, 0.15) is 16.9 Å². The first-order valence-electron chi connectivity index (χ1n) is 6.39. The Morgan fingerprint density at radius 2 is 2.26 bits per heavy atom. The largest absolute Gasteiger partial charge is 0.456 e. The second kappa shape index (κ2) is 5.00. The van der Waals surface area contributed by atoms with Gasteiger partial charge in [0.05, 0.1) is 6.61 Å². The van der Waals surface area contributed by atoms with Crippen LogP contribution in [0.25, 0.3) is 17.0 Å². The van der Waals surface area contributed by atoms with Crippen LogP contribution >= 0.6 is 11.6 Å². The molecule has 0 spiro atoms. The molecule has 0 saturated heterocycles. The van der Waals surface area contributed by atoms with Crippen molar-refractivity contribution >= 4 is 28.6 Å². The molecule has 1 aromatic heterocycles. The van der Waals surface area contributed by atoms with Crippen molar-refractivity contribution in [3.63, 3.8) is 0 Å². The van der Waals surface area contributed by atoms with Gasteiger partial charge >= 0.3 is 0 Å². The molecule has 0 saturated carbocycles. The van der Waals surface area contributed by atoms with E-state index in [0.717, 1.165) is 46.8 Å². The predicted octanol–water partition coefficient (Wildman–Crippen LogP) is 3.08. The molecular formula is C15H16ClNO2. The zero-order valence-electron chi connectivity index (χ0n) is 10.8. The van der Waals surface area contributed by atoms with Gasteiger partial charge in [0.1, 0.15) is 11.3 Å². The van der Waals surface area contributed by atoms with E-state index in [4.69, 9.17) is 21.1 Å². The molecule has 0 fully saturated rings. The average molecular weight is 278 g/mol. The molecule has 1 aliphatic rings. The van der Waals surface area contributed by atoms with E-state index >= 15 is 0 Å². The van der Waals surface area contributed by atoms with Crippen LogP contribution in [-0.4, -0.2) is 30.2 Å². The molecule has 4 heteroatoms. The molecular weight excluding hydrogens is 262 g/mol. The van der Waals surface area contributed by atoms with E-state index in [-0.39, 0.29) is 6.61 Å². The number of likely N-dealkylation sites (N-methyl/N-ethyl adjacent to an activating group) is 1. The molecule has 100 valence electrons. The summed E-state index contributed by atoms with van der Waals surface area (Å²) in [4.78, 5) is 2.26. The highest BCUT2D eigenvalue weighted by molar-refractivity contribution is 6.32. The summed E-state index contributed by atoms with van der Waals surface area (Å²) in [6.45, 7) is 1.84. The van der Waals surface area contributed by atoms with Crippen molar-refractivity contribution in [2.24, 2.45) is 0 Å². The number of rotatable bonds is 2. The Kier molecular flexibility index (Phi) is 3.35. The zero-order chi connectivity index (χ0) is 13.4. The maximum atomic E-state index is 8.93. The maximum absolute atomic E-state index is 8.93. The van der Waals surface area contributed by atoms with Crippen LogP contribution in [0.15, 0.2) is 22.6 Å². The van der Waals surface area contributed by atoms with Gasteiger partial charge in [-0.2, -0.15) is 0 Å². The van der Waals surface area contributed by atoms with E-state index in [9.17, 15) is 0 Å². The Morgan fingerprint density at radius 1 is 1.42 bits per heavy atom. The van der Waals surface area contributed by atoms with E-state index in [1.807, 2.05) is 18.2 Å². The van der Waals surface area contributed by atoms with Gasteiger partial charge in [0.15, 0.2) is 0 Å². The summed E-state index contributed by atoms with van der Waals surface area (Å²) in [5, 5.41) is 10.9. The highest BCUT2D eigenvalue weighted by atomic mass is 35.5. The minimum atomic E-state index is 0.0138. The van der Waals surface area contributed by atoms with Gasteiger partial charge in [-0.1, -0.05) is 17.7 Å². The van der Waals surface area contributed by atoms with Crippen molar-refractivity contribution in [1.82, 2.24) is 4.90 Å². The van der Waals surface area contributed by atoms with Gasteiger partial charge in [0, 0.05) is 29.1 Å². The molecule has 0 bridgehead atoms.